The van der Waals surface area contributed by atoms with Crippen LogP contribution in [0.4, 0.5) is 11.8 Å². The molecular formula is C19H23N7O2. The average molecular weight is 381 g/mol. The van der Waals surface area contributed by atoms with Crippen LogP contribution in [0, 0.1) is 0 Å². The van der Waals surface area contributed by atoms with Crippen molar-refractivity contribution in [2.24, 2.45) is 0 Å². The van der Waals surface area contributed by atoms with Crippen LogP contribution >= 0.6 is 0 Å². The molecule has 9 heteroatoms. The van der Waals surface area contributed by atoms with Crippen molar-refractivity contribution in [1.29, 1.82) is 0 Å². The summed E-state index contributed by atoms with van der Waals surface area (Å²) in [5.41, 5.74) is 1.03. The Morgan fingerprint density at radius 1 is 1.25 bits per heavy atom. The summed E-state index contributed by atoms with van der Waals surface area (Å²) in [7, 11) is 0. The molecule has 0 unspecified atom stereocenters. The van der Waals surface area contributed by atoms with E-state index in [2.05, 4.69) is 30.8 Å². The van der Waals surface area contributed by atoms with Gasteiger partial charge in [-0.25, -0.2) is 9.97 Å². The quantitative estimate of drug-likeness (QED) is 0.620. The van der Waals surface area contributed by atoms with Gasteiger partial charge in [-0.3, -0.25) is 4.79 Å². The topological polar surface area (TPSA) is 118 Å². The fraction of sp³-hybridized carbons (Fsp3) is 0.421. The van der Waals surface area contributed by atoms with Crippen LogP contribution in [-0.2, 0) is 6.54 Å². The lowest BCUT2D eigenvalue weighted by Gasteiger charge is -2.26. The molecule has 0 atom stereocenters. The first kappa shape index (κ1) is 18.3. The summed E-state index contributed by atoms with van der Waals surface area (Å²) in [5.74, 6) is 0.599. The standard InChI is InChI=1S/C19H23N7O2/c1-2-26-21-11-16(25-26)23-18(28)15-5-3-4-12-10-20-19(24-17(12)15)22-13-6-8-14(27)9-7-13/h3-5,10-11,13-14,27H,2,6-9H2,1H3,(H,20,22,24)(H,23,25,28)/t13-,14-. The molecule has 4 rings (SSSR count). The average Bonchev–Trinajstić information content (AvgIpc) is 3.16. The molecule has 9 nitrogen and oxygen atoms in total. The number of para-hydroxylation sites is 1. The highest BCUT2D eigenvalue weighted by Gasteiger charge is 2.20. The molecule has 0 bridgehead atoms. The predicted octanol–water partition coefficient (Wildman–Crippen LogP) is 2.21. The summed E-state index contributed by atoms with van der Waals surface area (Å²) in [6, 6.07) is 5.64. The van der Waals surface area contributed by atoms with E-state index in [0.29, 0.717) is 29.4 Å². The molecule has 3 aromatic rings. The number of carbonyl (C=O) groups excluding carboxylic acids is 1. The summed E-state index contributed by atoms with van der Waals surface area (Å²) >= 11 is 0. The van der Waals surface area contributed by atoms with Crippen molar-refractivity contribution in [3.63, 3.8) is 0 Å². The lowest BCUT2D eigenvalue weighted by molar-refractivity contribution is 0.102. The molecule has 0 saturated heterocycles. The predicted molar refractivity (Wildman–Crippen MR) is 105 cm³/mol. The van der Waals surface area contributed by atoms with E-state index in [1.54, 1.807) is 18.3 Å². The van der Waals surface area contributed by atoms with Crippen molar-refractivity contribution in [3.8, 4) is 0 Å². The number of fused-ring (bicyclic) bond motifs is 1. The Kier molecular flexibility index (Phi) is 5.16. The summed E-state index contributed by atoms with van der Waals surface area (Å²) < 4.78 is 0. The Hall–Kier alpha value is -3.07. The summed E-state index contributed by atoms with van der Waals surface area (Å²) in [4.78, 5) is 23.2. The first-order chi connectivity index (χ1) is 13.6. The summed E-state index contributed by atoms with van der Waals surface area (Å²) in [6.07, 6.45) is 6.32. The van der Waals surface area contributed by atoms with Gasteiger partial charge < -0.3 is 15.7 Å². The molecule has 0 spiro atoms. The van der Waals surface area contributed by atoms with Crippen molar-refractivity contribution < 1.29 is 9.90 Å². The van der Waals surface area contributed by atoms with Crippen molar-refractivity contribution in [2.75, 3.05) is 10.6 Å². The Morgan fingerprint density at radius 2 is 2.07 bits per heavy atom. The molecule has 1 aliphatic carbocycles. The smallest absolute Gasteiger partial charge is 0.259 e. The molecule has 1 amide bonds. The van der Waals surface area contributed by atoms with Crippen molar-refractivity contribution in [3.05, 3.63) is 36.2 Å². The molecule has 2 heterocycles. The SMILES string of the molecule is CCn1ncc(NC(=O)c2cccc3cnc(N[C@H]4CC[C@H](O)CC4)nc23)n1. The maximum Gasteiger partial charge on any atom is 0.259 e. The van der Waals surface area contributed by atoms with E-state index < -0.39 is 0 Å². The monoisotopic (exact) mass is 381 g/mol. The third-order valence-electron chi connectivity index (χ3n) is 4.95. The zero-order chi connectivity index (χ0) is 19.5. The summed E-state index contributed by atoms with van der Waals surface area (Å²) in [6.45, 7) is 2.55. The minimum absolute atomic E-state index is 0.212. The highest BCUT2D eigenvalue weighted by Crippen LogP contribution is 2.23. The Labute approximate surface area is 162 Å². The van der Waals surface area contributed by atoms with Gasteiger partial charge in [-0.05, 0) is 38.7 Å². The van der Waals surface area contributed by atoms with Gasteiger partial charge in [0.15, 0.2) is 5.82 Å². The lowest BCUT2D eigenvalue weighted by atomic mass is 9.93. The van der Waals surface area contributed by atoms with Gasteiger partial charge in [-0.15, -0.1) is 5.10 Å². The van der Waals surface area contributed by atoms with Gasteiger partial charge in [-0.2, -0.15) is 9.90 Å². The number of aliphatic hydroxyl groups is 1. The molecule has 1 fully saturated rings. The van der Waals surface area contributed by atoms with E-state index >= 15 is 0 Å². The van der Waals surface area contributed by atoms with E-state index in [4.69, 9.17) is 0 Å². The number of amides is 1. The third kappa shape index (κ3) is 3.94. The Bertz CT molecular complexity index is 979. The second kappa shape index (κ2) is 7.89. The maximum atomic E-state index is 12.8. The highest BCUT2D eigenvalue weighted by atomic mass is 16.3. The maximum absolute atomic E-state index is 12.8. The molecule has 1 aliphatic rings. The number of aryl methyl sites for hydroxylation is 1. The van der Waals surface area contributed by atoms with Crippen molar-refractivity contribution >= 4 is 28.6 Å². The Morgan fingerprint density at radius 3 is 2.82 bits per heavy atom. The van der Waals surface area contributed by atoms with Crippen LogP contribution in [0.15, 0.2) is 30.6 Å². The molecule has 28 heavy (non-hydrogen) atoms. The van der Waals surface area contributed by atoms with Gasteiger partial charge in [0, 0.05) is 17.6 Å². The Balaban J connectivity index is 1.56. The highest BCUT2D eigenvalue weighted by molar-refractivity contribution is 6.11. The van der Waals surface area contributed by atoms with Gasteiger partial charge in [0.05, 0.1) is 29.9 Å². The van der Waals surface area contributed by atoms with Crippen LogP contribution in [0.3, 0.4) is 0 Å². The molecule has 146 valence electrons. The molecule has 2 aromatic heterocycles. The number of carbonyl (C=O) groups is 1. The van der Waals surface area contributed by atoms with Gasteiger partial charge in [0.1, 0.15) is 0 Å². The molecule has 1 aromatic carbocycles. The number of nitrogens with zero attached hydrogens (tertiary/aromatic N) is 5. The normalized spacial score (nSPS) is 19.5. The molecule has 1 saturated carbocycles. The van der Waals surface area contributed by atoms with E-state index in [0.717, 1.165) is 31.1 Å². The zero-order valence-corrected chi connectivity index (χ0v) is 15.7. The minimum atomic E-state index is -0.292. The van der Waals surface area contributed by atoms with Gasteiger partial charge in [-0.1, -0.05) is 12.1 Å². The number of anilines is 2. The molecular weight excluding hydrogens is 358 g/mol. The van der Waals surface area contributed by atoms with Crippen LogP contribution in [0.1, 0.15) is 43.0 Å². The van der Waals surface area contributed by atoms with Gasteiger partial charge in [0.2, 0.25) is 5.95 Å². The number of hydrogen-bond acceptors (Lipinski definition) is 7. The second-order valence-electron chi connectivity index (χ2n) is 6.96. The fourth-order valence-corrected chi connectivity index (χ4v) is 3.40. The van der Waals surface area contributed by atoms with E-state index in [9.17, 15) is 9.90 Å². The number of rotatable bonds is 5. The minimum Gasteiger partial charge on any atom is -0.393 e. The van der Waals surface area contributed by atoms with Gasteiger partial charge >= 0.3 is 0 Å². The van der Waals surface area contributed by atoms with E-state index in [1.165, 1.54) is 11.0 Å². The van der Waals surface area contributed by atoms with Gasteiger partial charge in [0.25, 0.3) is 5.91 Å². The molecule has 0 radical (unpaired) electrons. The van der Waals surface area contributed by atoms with E-state index in [-0.39, 0.29) is 18.1 Å². The first-order valence-corrected chi connectivity index (χ1v) is 9.54. The second-order valence-corrected chi connectivity index (χ2v) is 6.96. The van der Waals surface area contributed by atoms with Crippen molar-refractivity contribution in [1.82, 2.24) is 25.0 Å². The number of aliphatic hydroxyl groups excluding tert-OH is 1. The summed E-state index contributed by atoms with van der Waals surface area (Å²) in [5, 5.41) is 24.8. The zero-order valence-electron chi connectivity index (χ0n) is 15.7. The first-order valence-electron chi connectivity index (χ1n) is 9.54. The lowest BCUT2D eigenvalue weighted by Crippen LogP contribution is -2.29. The van der Waals surface area contributed by atoms with Crippen molar-refractivity contribution in [2.45, 2.75) is 51.3 Å². The number of hydrogen-bond donors (Lipinski definition) is 3. The number of benzene rings is 1. The van der Waals surface area contributed by atoms with Crippen LogP contribution < -0.4 is 10.6 Å². The van der Waals surface area contributed by atoms with Crippen LogP contribution in [-0.4, -0.2) is 48.1 Å². The number of nitrogens with one attached hydrogen (secondary N) is 2. The largest absolute Gasteiger partial charge is 0.393 e. The number of aromatic nitrogens is 5. The van der Waals surface area contributed by atoms with E-state index in [1.807, 2.05) is 13.0 Å². The fourth-order valence-electron chi connectivity index (χ4n) is 3.40. The van der Waals surface area contributed by atoms with Crippen LogP contribution in [0.5, 0.6) is 0 Å². The third-order valence-corrected chi connectivity index (χ3v) is 4.95. The van der Waals surface area contributed by atoms with Crippen LogP contribution in [0.25, 0.3) is 10.9 Å². The molecule has 0 aliphatic heterocycles. The van der Waals surface area contributed by atoms with Crippen LogP contribution in [0.2, 0.25) is 0 Å². The molecule has 3 N–H and O–H groups in total.